The van der Waals surface area contributed by atoms with Crippen molar-refractivity contribution in [3.63, 3.8) is 0 Å². The Balaban J connectivity index is 2.89. The van der Waals surface area contributed by atoms with Crippen LogP contribution in [0.1, 0.15) is 30.6 Å². The summed E-state index contributed by atoms with van der Waals surface area (Å²) in [5.74, 6) is -2.61. The number of ether oxygens (including phenoxy) is 1. The molecule has 23 heavy (non-hydrogen) atoms. The second-order valence-corrected chi connectivity index (χ2v) is 6.02. The average Bonchev–Trinajstić information content (AvgIpc) is 2.51. The molecule has 1 unspecified atom stereocenters. The molecule has 1 amide bonds. The van der Waals surface area contributed by atoms with Gasteiger partial charge in [0.15, 0.2) is 0 Å². The largest absolute Gasteiger partial charge is 0.481 e. The summed E-state index contributed by atoms with van der Waals surface area (Å²) < 4.78 is 19.1. The molecule has 1 N–H and O–H groups in total. The quantitative estimate of drug-likeness (QED) is 0.658. The molecular formula is C16H21BrFNO4. The van der Waals surface area contributed by atoms with E-state index >= 15 is 0 Å². The van der Waals surface area contributed by atoms with Crippen LogP contribution in [0.4, 0.5) is 4.39 Å². The number of aliphatic carboxylic acids is 1. The molecular weight excluding hydrogens is 369 g/mol. The molecule has 1 aromatic rings. The van der Waals surface area contributed by atoms with Gasteiger partial charge in [-0.1, -0.05) is 6.92 Å². The summed E-state index contributed by atoms with van der Waals surface area (Å²) in [7, 11) is 0. The smallest absolute Gasteiger partial charge is 0.308 e. The van der Waals surface area contributed by atoms with Crippen LogP contribution >= 0.6 is 15.9 Å². The fraction of sp³-hybridized carbons (Fsp3) is 0.500. The van der Waals surface area contributed by atoms with Gasteiger partial charge in [-0.15, -0.1) is 0 Å². The van der Waals surface area contributed by atoms with Crippen LogP contribution in [0.5, 0.6) is 0 Å². The Morgan fingerprint density at radius 2 is 2.13 bits per heavy atom. The number of hydrogen-bond donors (Lipinski definition) is 1. The normalized spacial score (nSPS) is 12.0. The molecule has 1 atom stereocenters. The molecule has 0 aliphatic rings. The Morgan fingerprint density at radius 1 is 1.43 bits per heavy atom. The summed E-state index contributed by atoms with van der Waals surface area (Å²) in [6.45, 7) is 4.87. The number of hydrogen-bond acceptors (Lipinski definition) is 3. The molecule has 1 rings (SSSR count). The van der Waals surface area contributed by atoms with Gasteiger partial charge in [-0.25, -0.2) is 4.39 Å². The number of amides is 1. The van der Waals surface area contributed by atoms with Gasteiger partial charge >= 0.3 is 5.97 Å². The van der Waals surface area contributed by atoms with Crippen LogP contribution in [-0.4, -0.2) is 48.2 Å². The van der Waals surface area contributed by atoms with Gasteiger partial charge in [0.2, 0.25) is 0 Å². The highest BCUT2D eigenvalue weighted by atomic mass is 79.9. The van der Waals surface area contributed by atoms with Gasteiger partial charge in [-0.3, -0.25) is 9.59 Å². The summed E-state index contributed by atoms with van der Waals surface area (Å²) in [4.78, 5) is 25.1. The molecule has 1 aromatic carbocycles. The SMILES string of the molecule is CCOCCCN(CC(C)C(=O)O)C(=O)c1cc(F)ccc1Br. The molecule has 0 heterocycles. The second kappa shape index (κ2) is 9.62. The van der Waals surface area contributed by atoms with E-state index in [9.17, 15) is 14.0 Å². The van der Waals surface area contributed by atoms with Gasteiger partial charge in [0.05, 0.1) is 11.5 Å². The molecule has 0 radical (unpaired) electrons. The molecule has 7 heteroatoms. The van der Waals surface area contributed by atoms with Crippen LogP contribution in [0.3, 0.4) is 0 Å². The van der Waals surface area contributed by atoms with Crippen molar-refractivity contribution in [3.8, 4) is 0 Å². The molecule has 0 saturated heterocycles. The van der Waals surface area contributed by atoms with Crippen LogP contribution in [0.25, 0.3) is 0 Å². The van der Waals surface area contributed by atoms with E-state index in [4.69, 9.17) is 9.84 Å². The number of carbonyl (C=O) groups is 2. The number of rotatable bonds is 9. The van der Waals surface area contributed by atoms with Crippen molar-refractivity contribution in [2.24, 2.45) is 5.92 Å². The van der Waals surface area contributed by atoms with Gasteiger partial charge in [-0.2, -0.15) is 0 Å². The number of carboxylic acid groups (broad SMARTS) is 1. The number of benzene rings is 1. The maximum absolute atomic E-state index is 13.4. The lowest BCUT2D eigenvalue weighted by atomic mass is 10.1. The van der Waals surface area contributed by atoms with E-state index in [0.717, 1.165) is 6.07 Å². The summed E-state index contributed by atoms with van der Waals surface area (Å²) in [5, 5.41) is 9.06. The lowest BCUT2D eigenvalue weighted by Crippen LogP contribution is -2.38. The zero-order chi connectivity index (χ0) is 17.4. The Labute approximate surface area is 143 Å². The zero-order valence-electron chi connectivity index (χ0n) is 13.2. The standard InChI is InChI=1S/C16H21BrFNO4/c1-3-23-8-4-7-19(10-11(2)16(21)22)15(20)13-9-12(18)5-6-14(13)17/h5-6,9,11H,3-4,7-8,10H2,1-2H3,(H,21,22). The number of halogens is 2. The van der Waals surface area contributed by atoms with Crippen molar-refractivity contribution < 1.29 is 23.8 Å². The van der Waals surface area contributed by atoms with Crippen molar-refractivity contribution in [1.29, 1.82) is 0 Å². The third kappa shape index (κ3) is 6.27. The minimum Gasteiger partial charge on any atom is -0.481 e. The Morgan fingerprint density at radius 3 is 2.74 bits per heavy atom. The number of nitrogens with zero attached hydrogens (tertiary/aromatic N) is 1. The Hall–Kier alpha value is -1.47. The van der Waals surface area contributed by atoms with Gasteiger partial charge in [0.1, 0.15) is 5.82 Å². The van der Waals surface area contributed by atoms with Crippen LogP contribution in [0.2, 0.25) is 0 Å². The lowest BCUT2D eigenvalue weighted by molar-refractivity contribution is -0.141. The molecule has 0 fully saturated rings. The first-order valence-electron chi connectivity index (χ1n) is 7.41. The maximum atomic E-state index is 13.4. The molecule has 0 spiro atoms. The van der Waals surface area contributed by atoms with E-state index in [1.165, 1.54) is 24.0 Å². The zero-order valence-corrected chi connectivity index (χ0v) is 14.8. The third-order valence-corrected chi connectivity index (χ3v) is 3.97. The van der Waals surface area contributed by atoms with Gasteiger partial charge in [0, 0.05) is 30.8 Å². The lowest BCUT2D eigenvalue weighted by Gasteiger charge is -2.25. The van der Waals surface area contributed by atoms with Gasteiger partial charge in [-0.05, 0) is 47.5 Å². The van der Waals surface area contributed by atoms with Crippen LogP contribution in [0, 0.1) is 11.7 Å². The Kier molecular flexibility index (Phi) is 8.19. The fourth-order valence-electron chi connectivity index (χ4n) is 2.02. The summed E-state index contributed by atoms with van der Waals surface area (Å²) in [6.07, 6.45) is 0.582. The van der Waals surface area contributed by atoms with Crippen LogP contribution in [-0.2, 0) is 9.53 Å². The van der Waals surface area contributed by atoms with E-state index < -0.39 is 23.6 Å². The predicted octanol–water partition coefficient (Wildman–Crippen LogP) is 3.18. The number of carbonyl (C=O) groups excluding carboxylic acids is 1. The minimum atomic E-state index is -0.981. The predicted molar refractivity (Wildman–Crippen MR) is 87.9 cm³/mol. The molecule has 0 aliphatic heterocycles. The second-order valence-electron chi connectivity index (χ2n) is 5.17. The summed E-state index contributed by atoms with van der Waals surface area (Å²) in [5.41, 5.74) is 0.180. The van der Waals surface area contributed by atoms with E-state index in [-0.39, 0.29) is 12.1 Å². The summed E-state index contributed by atoms with van der Waals surface area (Å²) in [6, 6.07) is 3.86. The van der Waals surface area contributed by atoms with Crippen molar-refractivity contribution in [3.05, 3.63) is 34.1 Å². The molecule has 5 nitrogen and oxygen atoms in total. The topological polar surface area (TPSA) is 66.8 Å². The first kappa shape index (κ1) is 19.6. The maximum Gasteiger partial charge on any atom is 0.308 e. The average molecular weight is 390 g/mol. The highest BCUT2D eigenvalue weighted by Crippen LogP contribution is 2.20. The molecule has 0 aromatic heterocycles. The van der Waals surface area contributed by atoms with E-state index in [2.05, 4.69) is 15.9 Å². The molecule has 0 aliphatic carbocycles. The first-order chi connectivity index (χ1) is 10.9. The van der Waals surface area contributed by atoms with Gasteiger partial charge < -0.3 is 14.7 Å². The third-order valence-electron chi connectivity index (χ3n) is 3.28. The van der Waals surface area contributed by atoms with Crippen LogP contribution in [0.15, 0.2) is 22.7 Å². The molecule has 128 valence electrons. The van der Waals surface area contributed by atoms with Crippen LogP contribution < -0.4 is 0 Å². The van der Waals surface area contributed by atoms with E-state index in [0.29, 0.717) is 30.7 Å². The van der Waals surface area contributed by atoms with E-state index in [1.54, 1.807) is 0 Å². The molecule has 0 saturated carbocycles. The first-order valence-corrected chi connectivity index (χ1v) is 8.21. The monoisotopic (exact) mass is 389 g/mol. The molecule has 0 bridgehead atoms. The minimum absolute atomic E-state index is 0.0588. The van der Waals surface area contributed by atoms with Gasteiger partial charge in [0.25, 0.3) is 5.91 Å². The highest BCUT2D eigenvalue weighted by Gasteiger charge is 2.23. The van der Waals surface area contributed by atoms with Crippen molar-refractivity contribution in [2.75, 3.05) is 26.3 Å². The number of carboxylic acids is 1. The van der Waals surface area contributed by atoms with Crippen molar-refractivity contribution in [1.82, 2.24) is 4.90 Å². The van der Waals surface area contributed by atoms with E-state index in [1.807, 2.05) is 6.92 Å². The fourth-order valence-corrected chi connectivity index (χ4v) is 2.43. The summed E-state index contributed by atoms with van der Waals surface area (Å²) >= 11 is 3.23. The van der Waals surface area contributed by atoms with Crippen molar-refractivity contribution in [2.45, 2.75) is 20.3 Å². The van der Waals surface area contributed by atoms with Crippen molar-refractivity contribution >= 4 is 27.8 Å². The Bertz CT molecular complexity index is 553. The highest BCUT2D eigenvalue weighted by molar-refractivity contribution is 9.10.